The third-order valence-electron chi connectivity index (χ3n) is 1.68. The van der Waals surface area contributed by atoms with Crippen molar-refractivity contribution in [3.05, 3.63) is 17.6 Å². The summed E-state index contributed by atoms with van der Waals surface area (Å²) in [4.78, 5) is 19.2. The number of ether oxygens (including phenoxy) is 1. The number of amides is 1. The molecule has 1 heterocycles. The summed E-state index contributed by atoms with van der Waals surface area (Å²) >= 11 is 0. The molecule has 0 aromatic carbocycles. The Bertz CT molecular complexity index is 471. The molecule has 6 heteroatoms. The zero-order valence-corrected chi connectivity index (χ0v) is 10.2. The zero-order valence-electron chi connectivity index (χ0n) is 10.2. The van der Waals surface area contributed by atoms with Gasteiger partial charge in [0.25, 0.3) is 0 Å². The van der Waals surface area contributed by atoms with Crippen molar-refractivity contribution in [2.75, 3.05) is 0 Å². The van der Waals surface area contributed by atoms with E-state index in [4.69, 9.17) is 10.00 Å². The summed E-state index contributed by atoms with van der Waals surface area (Å²) in [6.07, 6.45) is 0.659. The van der Waals surface area contributed by atoms with Gasteiger partial charge in [0.15, 0.2) is 5.69 Å². The minimum atomic E-state index is -0.598. The van der Waals surface area contributed by atoms with Crippen LogP contribution in [0.15, 0.2) is 6.20 Å². The first-order valence-corrected chi connectivity index (χ1v) is 5.05. The van der Waals surface area contributed by atoms with Gasteiger partial charge in [-0.05, 0) is 27.7 Å². The molecule has 1 N–H and O–H groups in total. The first kappa shape index (κ1) is 12.9. The third-order valence-corrected chi connectivity index (χ3v) is 1.68. The molecular weight excluding hydrogens is 220 g/mol. The summed E-state index contributed by atoms with van der Waals surface area (Å²) in [5, 5.41) is 11.2. The van der Waals surface area contributed by atoms with Gasteiger partial charge in [0.2, 0.25) is 5.88 Å². The fourth-order valence-corrected chi connectivity index (χ4v) is 1.04. The second-order valence-electron chi connectivity index (χ2n) is 4.52. The standard InChI is InChI=1S/C11H14N4O2/c1-7-9(13-6-8(5-12)14-7)17-10(16)15-11(2,3)4/h6H,1-4H3,(H,15,16). The molecule has 1 aromatic heterocycles. The molecule has 0 aliphatic carbocycles. The van der Waals surface area contributed by atoms with E-state index in [0.717, 1.165) is 0 Å². The molecule has 1 amide bonds. The SMILES string of the molecule is Cc1nc(C#N)cnc1OC(=O)NC(C)(C)C. The van der Waals surface area contributed by atoms with Crippen molar-refractivity contribution >= 4 is 6.09 Å². The highest BCUT2D eigenvalue weighted by molar-refractivity contribution is 5.70. The molecule has 0 bridgehead atoms. The molecule has 0 saturated carbocycles. The second kappa shape index (κ2) is 4.78. The molecule has 1 rings (SSSR count). The second-order valence-corrected chi connectivity index (χ2v) is 4.52. The molecule has 90 valence electrons. The van der Waals surface area contributed by atoms with E-state index in [1.165, 1.54) is 6.20 Å². The van der Waals surface area contributed by atoms with Crippen LogP contribution >= 0.6 is 0 Å². The largest absolute Gasteiger partial charge is 0.414 e. The van der Waals surface area contributed by atoms with Crippen molar-refractivity contribution in [1.29, 1.82) is 5.26 Å². The van der Waals surface area contributed by atoms with E-state index in [0.29, 0.717) is 5.69 Å². The number of carbonyl (C=O) groups excluding carboxylic acids is 1. The summed E-state index contributed by atoms with van der Waals surface area (Å²) in [6.45, 7) is 7.14. The van der Waals surface area contributed by atoms with Gasteiger partial charge >= 0.3 is 6.09 Å². The van der Waals surface area contributed by atoms with E-state index in [2.05, 4.69) is 15.3 Å². The van der Waals surface area contributed by atoms with Crippen LogP contribution in [0.25, 0.3) is 0 Å². The molecule has 0 saturated heterocycles. The van der Waals surface area contributed by atoms with Crippen LogP contribution in [0.1, 0.15) is 32.2 Å². The maximum absolute atomic E-state index is 11.5. The number of hydrogen-bond acceptors (Lipinski definition) is 5. The maximum atomic E-state index is 11.5. The molecule has 0 radical (unpaired) electrons. The molecule has 6 nitrogen and oxygen atoms in total. The van der Waals surface area contributed by atoms with Crippen molar-refractivity contribution in [3.8, 4) is 11.9 Å². The van der Waals surface area contributed by atoms with Crippen LogP contribution in [-0.2, 0) is 0 Å². The van der Waals surface area contributed by atoms with E-state index >= 15 is 0 Å². The van der Waals surface area contributed by atoms with Crippen molar-refractivity contribution in [2.45, 2.75) is 33.2 Å². The van der Waals surface area contributed by atoms with Gasteiger partial charge in [0.05, 0.1) is 6.20 Å². The Labute approximate surface area is 99.6 Å². The molecule has 0 spiro atoms. The number of nitrogens with zero attached hydrogens (tertiary/aromatic N) is 3. The lowest BCUT2D eigenvalue weighted by Crippen LogP contribution is -2.42. The normalized spacial score (nSPS) is 10.5. The van der Waals surface area contributed by atoms with Gasteiger partial charge in [-0.2, -0.15) is 5.26 Å². The summed E-state index contributed by atoms with van der Waals surface area (Å²) < 4.78 is 4.99. The molecule has 1 aromatic rings. The number of aryl methyl sites for hydroxylation is 1. The Balaban J connectivity index is 2.76. The Morgan fingerprint density at radius 3 is 2.65 bits per heavy atom. The minimum Gasteiger partial charge on any atom is -0.389 e. The molecular formula is C11H14N4O2. The van der Waals surface area contributed by atoms with Crippen LogP contribution in [-0.4, -0.2) is 21.6 Å². The van der Waals surface area contributed by atoms with E-state index < -0.39 is 6.09 Å². The Morgan fingerprint density at radius 1 is 1.53 bits per heavy atom. The minimum absolute atomic E-state index is 0.103. The number of aromatic nitrogens is 2. The summed E-state index contributed by atoms with van der Waals surface area (Å²) in [7, 11) is 0. The van der Waals surface area contributed by atoms with E-state index in [1.807, 2.05) is 26.8 Å². The monoisotopic (exact) mass is 234 g/mol. The quantitative estimate of drug-likeness (QED) is 0.796. The van der Waals surface area contributed by atoms with Gasteiger partial charge in [0.1, 0.15) is 11.8 Å². The van der Waals surface area contributed by atoms with Gasteiger partial charge in [-0.1, -0.05) is 0 Å². The maximum Gasteiger partial charge on any atom is 0.414 e. The molecule has 0 atom stereocenters. The smallest absolute Gasteiger partial charge is 0.389 e. The van der Waals surface area contributed by atoms with Crippen LogP contribution < -0.4 is 10.1 Å². The van der Waals surface area contributed by atoms with E-state index in [1.54, 1.807) is 6.92 Å². The predicted molar refractivity (Wildman–Crippen MR) is 60.4 cm³/mol. The van der Waals surface area contributed by atoms with Crippen molar-refractivity contribution < 1.29 is 9.53 Å². The summed E-state index contributed by atoms with van der Waals surface area (Å²) in [5.74, 6) is 0.103. The number of hydrogen-bond donors (Lipinski definition) is 1. The van der Waals surface area contributed by atoms with E-state index in [-0.39, 0.29) is 17.1 Å². The van der Waals surface area contributed by atoms with Gasteiger partial charge in [0, 0.05) is 5.54 Å². The Morgan fingerprint density at radius 2 is 2.18 bits per heavy atom. The van der Waals surface area contributed by atoms with Gasteiger partial charge in [-0.3, -0.25) is 0 Å². The topological polar surface area (TPSA) is 87.9 Å². The number of carbonyl (C=O) groups is 1. The predicted octanol–water partition coefficient (Wildman–Crippen LogP) is 1.54. The van der Waals surface area contributed by atoms with Crippen LogP contribution in [0.5, 0.6) is 5.88 Å². The van der Waals surface area contributed by atoms with Gasteiger partial charge in [-0.15, -0.1) is 0 Å². The third kappa shape index (κ3) is 4.07. The van der Waals surface area contributed by atoms with Crippen LogP contribution in [0.3, 0.4) is 0 Å². The Kier molecular flexibility index (Phi) is 3.63. The molecule has 17 heavy (non-hydrogen) atoms. The lowest BCUT2D eigenvalue weighted by Gasteiger charge is -2.19. The van der Waals surface area contributed by atoms with Crippen molar-refractivity contribution in [3.63, 3.8) is 0 Å². The number of rotatable bonds is 1. The van der Waals surface area contributed by atoms with Crippen LogP contribution in [0, 0.1) is 18.3 Å². The molecule has 0 fully saturated rings. The highest BCUT2D eigenvalue weighted by Gasteiger charge is 2.17. The first-order valence-electron chi connectivity index (χ1n) is 5.05. The molecule has 0 aliphatic heterocycles. The van der Waals surface area contributed by atoms with Crippen molar-refractivity contribution in [2.24, 2.45) is 0 Å². The average Bonchev–Trinajstić information content (AvgIpc) is 2.18. The zero-order chi connectivity index (χ0) is 13.1. The number of nitrogens with one attached hydrogen (secondary N) is 1. The fraction of sp³-hybridized carbons (Fsp3) is 0.455. The van der Waals surface area contributed by atoms with Crippen LogP contribution in [0.4, 0.5) is 4.79 Å². The van der Waals surface area contributed by atoms with Crippen LogP contribution in [0.2, 0.25) is 0 Å². The Hall–Kier alpha value is -2.16. The van der Waals surface area contributed by atoms with Gasteiger partial charge < -0.3 is 10.1 Å². The number of nitriles is 1. The highest BCUT2D eigenvalue weighted by atomic mass is 16.6. The lowest BCUT2D eigenvalue weighted by molar-refractivity contribution is 0.188. The average molecular weight is 234 g/mol. The molecule has 0 aliphatic rings. The fourth-order valence-electron chi connectivity index (χ4n) is 1.04. The lowest BCUT2D eigenvalue weighted by atomic mass is 10.1. The highest BCUT2D eigenvalue weighted by Crippen LogP contribution is 2.12. The summed E-state index contributed by atoms with van der Waals surface area (Å²) in [6, 6.07) is 1.86. The molecule has 0 unspecified atom stereocenters. The van der Waals surface area contributed by atoms with Gasteiger partial charge in [-0.25, -0.2) is 14.8 Å². The first-order chi connectivity index (χ1) is 7.81. The van der Waals surface area contributed by atoms with E-state index in [9.17, 15) is 4.79 Å². The van der Waals surface area contributed by atoms with Crippen molar-refractivity contribution in [1.82, 2.24) is 15.3 Å². The summed E-state index contributed by atoms with van der Waals surface area (Å²) in [5.41, 5.74) is 0.199.